The molecule has 1 rings (SSSR count). The molecule has 2 heteroatoms. The molecular formula is C13H20FN. The molecule has 84 valence electrons. The fourth-order valence-electron chi connectivity index (χ4n) is 1.60. The molecule has 0 saturated carbocycles. The van der Waals surface area contributed by atoms with Crippen molar-refractivity contribution < 1.29 is 4.39 Å². The van der Waals surface area contributed by atoms with Gasteiger partial charge in [-0.25, -0.2) is 4.39 Å². The van der Waals surface area contributed by atoms with E-state index in [-0.39, 0.29) is 5.82 Å². The lowest BCUT2D eigenvalue weighted by atomic mass is 10.1. The van der Waals surface area contributed by atoms with Crippen molar-refractivity contribution in [2.45, 2.75) is 39.5 Å². The van der Waals surface area contributed by atoms with Crippen LogP contribution in [-0.4, -0.2) is 6.54 Å². The van der Waals surface area contributed by atoms with Gasteiger partial charge in [-0.15, -0.1) is 0 Å². The number of benzene rings is 1. The molecule has 15 heavy (non-hydrogen) atoms. The van der Waals surface area contributed by atoms with Gasteiger partial charge in [-0.1, -0.05) is 26.2 Å². The first-order chi connectivity index (χ1) is 7.24. The third kappa shape index (κ3) is 4.32. The van der Waals surface area contributed by atoms with Crippen LogP contribution in [0.2, 0.25) is 0 Å². The predicted octanol–water partition coefficient (Wildman–Crippen LogP) is 4.13. The van der Waals surface area contributed by atoms with Gasteiger partial charge in [0.1, 0.15) is 5.82 Å². The van der Waals surface area contributed by atoms with Crippen molar-refractivity contribution in [3.05, 3.63) is 29.6 Å². The highest BCUT2D eigenvalue weighted by molar-refractivity contribution is 5.50. The lowest BCUT2D eigenvalue weighted by Crippen LogP contribution is -2.03. The van der Waals surface area contributed by atoms with Crippen molar-refractivity contribution in [1.29, 1.82) is 0 Å². The second-order valence-electron chi connectivity index (χ2n) is 3.95. The molecule has 0 aliphatic rings. The summed E-state index contributed by atoms with van der Waals surface area (Å²) in [7, 11) is 0. The first-order valence-electron chi connectivity index (χ1n) is 5.74. The molecule has 0 saturated heterocycles. The highest BCUT2D eigenvalue weighted by atomic mass is 19.1. The third-order valence-electron chi connectivity index (χ3n) is 2.53. The Labute approximate surface area is 91.7 Å². The summed E-state index contributed by atoms with van der Waals surface area (Å²) in [6.07, 6.45) is 5.01. The predicted molar refractivity (Wildman–Crippen MR) is 63.8 cm³/mol. The average Bonchev–Trinajstić information content (AvgIpc) is 2.20. The van der Waals surface area contributed by atoms with E-state index in [2.05, 4.69) is 12.2 Å². The van der Waals surface area contributed by atoms with E-state index in [9.17, 15) is 4.39 Å². The standard InChI is InChI=1S/C13H20FN/c1-3-4-5-6-9-15-13-8-7-12(14)10-11(13)2/h7-8,10,15H,3-6,9H2,1-2H3. The number of hydrogen-bond acceptors (Lipinski definition) is 1. The molecule has 1 aromatic carbocycles. The molecule has 0 radical (unpaired) electrons. The molecule has 1 aromatic rings. The molecule has 0 amide bonds. The van der Waals surface area contributed by atoms with Crippen LogP contribution in [0.3, 0.4) is 0 Å². The lowest BCUT2D eigenvalue weighted by Gasteiger charge is -2.09. The first-order valence-corrected chi connectivity index (χ1v) is 5.74. The molecule has 0 unspecified atom stereocenters. The van der Waals surface area contributed by atoms with E-state index >= 15 is 0 Å². The number of hydrogen-bond donors (Lipinski definition) is 1. The monoisotopic (exact) mass is 209 g/mol. The Bertz CT molecular complexity index is 297. The SMILES string of the molecule is CCCCCCNc1ccc(F)cc1C. The Kier molecular flexibility index (Phi) is 5.16. The quantitative estimate of drug-likeness (QED) is 0.695. The van der Waals surface area contributed by atoms with E-state index < -0.39 is 0 Å². The van der Waals surface area contributed by atoms with Gasteiger partial charge in [0, 0.05) is 12.2 Å². The Morgan fingerprint density at radius 1 is 1.20 bits per heavy atom. The van der Waals surface area contributed by atoms with Crippen molar-refractivity contribution in [3.8, 4) is 0 Å². The van der Waals surface area contributed by atoms with E-state index in [1.807, 2.05) is 13.0 Å². The van der Waals surface area contributed by atoms with E-state index in [4.69, 9.17) is 0 Å². The fraction of sp³-hybridized carbons (Fsp3) is 0.538. The van der Waals surface area contributed by atoms with E-state index in [1.54, 1.807) is 6.07 Å². The summed E-state index contributed by atoms with van der Waals surface area (Å²) in [5.74, 6) is -0.163. The molecule has 1 nitrogen and oxygen atoms in total. The lowest BCUT2D eigenvalue weighted by molar-refractivity contribution is 0.626. The van der Waals surface area contributed by atoms with Crippen LogP contribution in [0, 0.1) is 12.7 Å². The van der Waals surface area contributed by atoms with Crippen LogP contribution >= 0.6 is 0 Å². The average molecular weight is 209 g/mol. The number of nitrogens with one attached hydrogen (secondary N) is 1. The number of aryl methyl sites for hydroxylation is 1. The zero-order chi connectivity index (χ0) is 11.1. The van der Waals surface area contributed by atoms with E-state index in [1.165, 1.54) is 31.7 Å². The highest BCUT2D eigenvalue weighted by Gasteiger charge is 1.98. The minimum absolute atomic E-state index is 0.163. The van der Waals surface area contributed by atoms with Crippen LogP contribution in [-0.2, 0) is 0 Å². The molecule has 0 aromatic heterocycles. The van der Waals surface area contributed by atoms with Crippen LogP contribution in [0.4, 0.5) is 10.1 Å². The molecule has 1 N–H and O–H groups in total. The van der Waals surface area contributed by atoms with Gasteiger partial charge in [-0.2, -0.15) is 0 Å². The normalized spacial score (nSPS) is 10.3. The maximum absolute atomic E-state index is 12.8. The van der Waals surface area contributed by atoms with Crippen LogP contribution in [0.5, 0.6) is 0 Å². The zero-order valence-electron chi connectivity index (χ0n) is 9.65. The van der Waals surface area contributed by atoms with Gasteiger partial charge >= 0.3 is 0 Å². The summed E-state index contributed by atoms with van der Waals surface area (Å²) in [5, 5.41) is 3.33. The minimum Gasteiger partial charge on any atom is -0.385 e. The largest absolute Gasteiger partial charge is 0.385 e. The van der Waals surface area contributed by atoms with Gasteiger partial charge in [0.25, 0.3) is 0 Å². The van der Waals surface area contributed by atoms with Crippen LogP contribution < -0.4 is 5.32 Å². The summed E-state index contributed by atoms with van der Waals surface area (Å²) in [6.45, 7) is 5.11. The number of rotatable bonds is 6. The van der Waals surface area contributed by atoms with Crippen molar-refractivity contribution in [1.82, 2.24) is 0 Å². The van der Waals surface area contributed by atoms with Gasteiger partial charge in [-0.05, 0) is 37.1 Å². The summed E-state index contributed by atoms with van der Waals surface area (Å²) in [4.78, 5) is 0. The van der Waals surface area contributed by atoms with Gasteiger partial charge in [0.15, 0.2) is 0 Å². The van der Waals surface area contributed by atoms with Crippen molar-refractivity contribution in [2.24, 2.45) is 0 Å². The first kappa shape index (κ1) is 12.0. The van der Waals surface area contributed by atoms with Crippen molar-refractivity contribution in [3.63, 3.8) is 0 Å². The third-order valence-corrected chi connectivity index (χ3v) is 2.53. The molecule has 0 spiro atoms. The smallest absolute Gasteiger partial charge is 0.123 e. The second kappa shape index (κ2) is 6.44. The Hall–Kier alpha value is -1.05. The fourth-order valence-corrected chi connectivity index (χ4v) is 1.60. The van der Waals surface area contributed by atoms with Gasteiger partial charge in [0.2, 0.25) is 0 Å². The maximum Gasteiger partial charge on any atom is 0.123 e. The zero-order valence-corrected chi connectivity index (χ0v) is 9.65. The van der Waals surface area contributed by atoms with E-state index in [0.29, 0.717) is 0 Å². The molecule has 0 fully saturated rings. The molecule has 0 bridgehead atoms. The van der Waals surface area contributed by atoms with Crippen LogP contribution in [0.25, 0.3) is 0 Å². The van der Waals surface area contributed by atoms with E-state index in [0.717, 1.165) is 17.8 Å². The topological polar surface area (TPSA) is 12.0 Å². The van der Waals surface area contributed by atoms with Crippen LogP contribution in [0.15, 0.2) is 18.2 Å². The van der Waals surface area contributed by atoms with Gasteiger partial charge in [0.05, 0.1) is 0 Å². The molecule has 0 heterocycles. The molecule has 0 atom stereocenters. The van der Waals surface area contributed by atoms with Gasteiger partial charge < -0.3 is 5.32 Å². The maximum atomic E-state index is 12.8. The molecular weight excluding hydrogens is 189 g/mol. The van der Waals surface area contributed by atoms with Gasteiger partial charge in [-0.3, -0.25) is 0 Å². The summed E-state index contributed by atoms with van der Waals surface area (Å²) < 4.78 is 12.8. The summed E-state index contributed by atoms with van der Waals surface area (Å²) in [5.41, 5.74) is 2.03. The highest BCUT2D eigenvalue weighted by Crippen LogP contribution is 2.15. The molecule has 0 aliphatic heterocycles. The number of halogens is 1. The van der Waals surface area contributed by atoms with Crippen molar-refractivity contribution >= 4 is 5.69 Å². The Morgan fingerprint density at radius 2 is 2.00 bits per heavy atom. The summed E-state index contributed by atoms with van der Waals surface area (Å²) in [6, 6.07) is 4.88. The van der Waals surface area contributed by atoms with Crippen molar-refractivity contribution in [2.75, 3.05) is 11.9 Å². The Balaban J connectivity index is 2.31. The van der Waals surface area contributed by atoms with Crippen LogP contribution in [0.1, 0.15) is 38.2 Å². The molecule has 0 aliphatic carbocycles. The second-order valence-corrected chi connectivity index (χ2v) is 3.95. The number of anilines is 1. The number of unbranched alkanes of at least 4 members (excludes halogenated alkanes) is 3. The minimum atomic E-state index is -0.163. The summed E-state index contributed by atoms with van der Waals surface area (Å²) >= 11 is 0. The Morgan fingerprint density at radius 3 is 2.67 bits per heavy atom.